The van der Waals surface area contributed by atoms with Crippen LogP contribution >= 0.6 is 0 Å². The van der Waals surface area contributed by atoms with Crippen LogP contribution in [-0.2, 0) is 9.84 Å². The van der Waals surface area contributed by atoms with Crippen molar-refractivity contribution >= 4 is 9.84 Å². The van der Waals surface area contributed by atoms with Crippen molar-refractivity contribution in [3.05, 3.63) is 0 Å². The molecule has 0 radical (unpaired) electrons. The molecule has 2 heterocycles. The molecule has 0 amide bonds. The molecule has 5 nitrogen and oxygen atoms in total. The number of hydrogen-bond donors (Lipinski definition) is 1. The van der Waals surface area contributed by atoms with Crippen molar-refractivity contribution in [3.8, 4) is 0 Å². The van der Waals surface area contributed by atoms with Crippen LogP contribution in [-0.4, -0.2) is 80.2 Å². The van der Waals surface area contributed by atoms with Gasteiger partial charge in [-0.3, -0.25) is 4.90 Å². The first-order valence-corrected chi connectivity index (χ1v) is 7.50. The molecule has 0 aromatic heterocycles. The quantitative estimate of drug-likeness (QED) is 0.664. The molecule has 16 heavy (non-hydrogen) atoms. The summed E-state index contributed by atoms with van der Waals surface area (Å²) >= 11 is 0. The summed E-state index contributed by atoms with van der Waals surface area (Å²) in [5, 5.41) is 9.78. The van der Waals surface area contributed by atoms with Crippen molar-refractivity contribution in [2.24, 2.45) is 0 Å². The molecule has 2 aliphatic rings. The zero-order valence-electron chi connectivity index (χ0n) is 9.83. The van der Waals surface area contributed by atoms with Gasteiger partial charge in [0.15, 0.2) is 9.84 Å². The highest BCUT2D eigenvalue weighted by atomic mass is 32.2. The van der Waals surface area contributed by atoms with Crippen LogP contribution in [0.1, 0.15) is 6.42 Å². The highest BCUT2D eigenvalue weighted by Crippen LogP contribution is 2.23. The number of nitrogens with zero attached hydrogens (tertiary/aromatic N) is 2. The van der Waals surface area contributed by atoms with E-state index in [1.165, 1.54) is 0 Å². The molecule has 3 atom stereocenters. The zero-order valence-corrected chi connectivity index (χ0v) is 10.7. The van der Waals surface area contributed by atoms with Gasteiger partial charge in [-0.05, 0) is 20.5 Å². The number of hydrogen-bond acceptors (Lipinski definition) is 5. The predicted octanol–water partition coefficient (Wildman–Crippen LogP) is -1.22. The van der Waals surface area contributed by atoms with E-state index < -0.39 is 15.9 Å². The number of likely N-dealkylation sites (N-methyl/N-ethyl adjacent to an activating group) is 1. The molecule has 0 saturated carbocycles. The lowest BCUT2D eigenvalue weighted by molar-refractivity contribution is 0.0943. The van der Waals surface area contributed by atoms with E-state index in [9.17, 15) is 13.5 Å². The number of sulfone groups is 1. The van der Waals surface area contributed by atoms with E-state index >= 15 is 0 Å². The first-order valence-electron chi connectivity index (χ1n) is 5.68. The normalized spacial score (nSPS) is 39.6. The first-order chi connectivity index (χ1) is 7.39. The van der Waals surface area contributed by atoms with Crippen LogP contribution < -0.4 is 0 Å². The molecule has 6 heteroatoms. The molecule has 0 spiro atoms. The van der Waals surface area contributed by atoms with Gasteiger partial charge in [0.05, 0.1) is 23.7 Å². The molecule has 0 aromatic carbocycles. The van der Waals surface area contributed by atoms with E-state index in [1.807, 2.05) is 14.1 Å². The van der Waals surface area contributed by atoms with Gasteiger partial charge < -0.3 is 10.0 Å². The lowest BCUT2D eigenvalue weighted by atomic mass is 10.2. The highest BCUT2D eigenvalue weighted by Gasteiger charge is 2.42. The predicted molar refractivity (Wildman–Crippen MR) is 62.1 cm³/mol. The topological polar surface area (TPSA) is 60.9 Å². The minimum Gasteiger partial charge on any atom is -0.390 e. The van der Waals surface area contributed by atoms with E-state index in [1.54, 1.807) is 0 Å². The SMILES string of the molecule is CN(C)C1CCN(C2CS(=O)(=O)CC2O)C1. The first kappa shape index (κ1) is 12.3. The van der Waals surface area contributed by atoms with Crippen LogP contribution in [0.3, 0.4) is 0 Å². The van der Waals surface area contributed by atoms with Gasteiger partial charge in [-0.1, -0.05) is 0 Å². The van der Waals surface area contributed by atoms with Crippen LogP contribution in [0.4, 0.5) is 0 Å². The van der Waals surface area contributed by atoms with Gasteiger partial charge in [0, 0.05) is 19.1 Å². The Morgan fingerprint density at radius 3 is 2.44 bits per heavy atom. The fraction of sp³-hybridized carbons (Fsp3) is 1.00. The Morgan fingerprint density at radius 1 is 1.31 bits per heavy atom. The number of aliphatic hydroxyl groups is 1. The Morgan fingerprint density at radius 2 is 2.00 bits per heavy atom. The molecular formula is C10H20N2O3S. The van der Waals surface area contributed by atoms with E-state index in [-0.39, 0.29) is 17.5 Å². The Bertz CT molecular complexity index is 355. The molecule has 0 aliphatic carbocycles. The second-order valence-corrected chi connectivity index (χ2v) is 7.27. The second-order valence-electron chi connectivity index (χ2n) is 5.11. The monoisotopic (exact) mass is 248 g/mol. The number of likely N-dealkylation sites (tertiary alicyclic amines) is 1. The maximum atomic E-state index is 11.4. The van der Waals surface area contributed by atoms with E-state index in [0.29, 0.717) is 6.04 Å². The minimum absolute atomic E-state index is 0.0687. The maximum absolute atomic E-state index is 11.4. The molecule has 1 N–H and O–H groups in total. The van der Waals surface area contributed by atoms with Gasteiger partial charge in [0.25, 0.3) is 0 Å². The highest BCUT2D eigenvalue weighted by molar-refractivity contribution is 7.91. The van der Waals surface area contributed by atoms with Crippen LogP contribution in [0.15, 0.2) is 0 Å². The van der Waals surface area contributed by atoms with Gasteiger partial charge in [0.2, 0.25) is 0 Å². The molecule has 3 unspecified atom stereocenters. The average Bonchev–Trinajstić information content (AvgIpc) is 2.69. The summed E-state index contributed by atoms with van der Waals surface area (Å²) in [6, 6.07) is 0.297. The van der Waals surface area contributed by atoms with Crippen molar-refractivity contribution < 1.29 is 13.5 Å². The van der Waals surface area contributed by atoms with Gasteiger partial charge in [0.1, 0.15) is 0 Å². The van der Waals surface area contributed by atoms with Gasteiger partial charge in [-0.15, -0.1) is 0 Å². The fourth-order valence-corrected chi connectivity index (χ4v) is 4.48. The zero-order chi connectivity index (χ0) is 11.9. The van der Waals surface area contributed by atoms with Crippen molar-refractivity contribution in [3.63, 3.8) is 0 Å². The molecule has 94 valence electrons. The van der Waals surface area contributed by atoms with Crippen molar-refractivity contribution in [1.29, 1.82) is 0 Å². The third kappa shape index (κ3) is 2.40. The summed E-state index contributed by atoms with van der Waals surface area (Å²) in [6.07, 6.45) is 0.349. The van der Waals surface area contributed by atoms with E-state index in [2.05, 4.69) is 9.80 Å². The Balaban J connectivity index is 2.00. The molecule has 0 aromatic rings. The Labute approximate surface area is 97.0 Å². The largest absolute Gasteiger partial charge is 0.390 e. The van der Waals surface area contributed by atoms with Crippen molar-refractivity contribution in [1.82, 2.24) is 9.80 Å². The minimum atomic E-state index is -3.03. The second kappa shape index (κ2) is 4.25. The smallest absolute Gasteiger partial charge is 0.154 e. The third-order valence-corrected chi connectivity index (χ3v) is 5.39. The van der Waals surface area contributed by atoms with Crippen LogP contribution in [0, 0.1) is 0 Å². The standard InChI is InChI=1S/C10H20N2O3S/c1-11(2)8-3-4-12(5-8)9-6-16(14,15)7-10(9)13/h8-10,13H,3-7H2,1-2H3. The lowest BCUT2D eigenvalue weighted by Gasteiger charge is -2.26. The average molecular weight is 248 g/mol. The molecule has 2 fully saturated rings. The molecule has 0 bridgehead atoms. The maximum Gasteiger partial charge on any atom is 0.154 e. The van der Waals surface area contributed by atoms with Gasteiger partial charge >= 0.3 is 0 Å². The lowest BCUT2D eigenvalue weighted by Crippen LogP contribution is -2.43. The Kier molecular flexibility index (Phi) is 3.27. The molecule has 2 aliphatic heterocycles. The summed E-state index contributed by atoms with van der Waals surface area (Å²) < 4.78 is 22.9. The van der Waals surface area contributed by atoms with Gasteiger partial charge in [-0.25, -0.2) is 8.42 Å². The summed E-state index contributed by atoms with van der Waals surface area (Å²) in [7, 11) is 1.05. The number of rotatable bonds is 2. The number of aliphatic hydroxyl groups excluding tert-OH is 1. The van der Waals surface area contributed by atoms with E-state index in [4.69, 9.17) is 0 Å². The summed E-state index contributed by atoms with van der Waals surface area (Å²) in [5.74, 6) is 0.0507. The van der Waals surface area contributed by atoms with Gasteiger partial charge in [-0.2, -0.15) is 0 Å². The van der Waals surface area contributed by atoms with Crippen molar-refractivity contribution in [2.75, 3.05) is 38.7 Å². The van der Waals surface area contributed by atoms with Crippen LogP contribution in [0.25, 0.3) is 0 Å². The summed E-state index contributed by atoms with van der Waals surface area (Å²) in [4.78, 5) is 4.29. The summed E-state index contributed by atoms with van der Waals surface area (Å²) in [5.41, 5.74) is 0. The molecule has 2 saturated heterocycles. The van der Waals surface area contributed by atoms with Crippen LogP contribution in [0.2, 0.25) is 0 Å². The van der Waals surface area contributed by atoms with Crippen molar-refractivity contribution in [2.45, 2.75) is 24.6 Å². The molecular weight excluding hydrogens is 228 g/mol. The molecule has 2 rings (SSSR count). The van der Waals surface area contributed by atoms with E-state index in [0.717, 1.165) is 19.5 Å². The fourth-order valence-electron chi connectivity index (χ4n) is 2.65. The summed E-state index contributed by atoms with van der Waals surface area (Å²) in [6.45, 7) is 1.75. The third-order valence-electron chi connectivity index (χ3n) is 3.69. The Hall–Kier alpha value is -0.170. The van der Waals surface area contributed by atoms with Crippen LogP contribution in [0.5, 0.6) is 0 Å².